The van der Waals surface area contributed by atoms with Gasteiger partial charge in [-0.1, -0.05) is 11.6 Å². The normalized spacial score (nSPS) is 17.9. The Balaban J connectivity index is 2.20. The van der Waals surface area contributed by atoms with Gasteiger partial charge in [0.1, 0.15) is 5.75 Å². The number of nitrogens with zero attached hydrogens (tertiary/aromatic N) is 1. The van der Waals surface area contributed by atoms with Crippen LogP contribution in [0.3, 0.4) is 0 Å². The summed E-state index contributed by atoms with van der Waals surface area (Å²) < 4.78 is 7.54. The van der Waals surface area contributed by atoms with Crippen LogP contribution in [0.2, 0.25) is 5.02 Å². The molecule has 2 N–H and O–H groups in total. The maximum absolute atomic E-state index is 6.39. The topological polar surface area (TPSA) is 40.2 Å². The van der Waals surface area contributed by atoms with Crippen LogP contribution in [0.5, 0.6) is 5.75 Å². The van der Waals surface area contributed by atoms with E-state index in [1.807, 2.05) is 18.2 Å². The lowest BCUT2D eigenvalue weighted by atomic mass is 9.93. The summed E-state index contributed by atoms with van der Waals surface area (Å²) in [4.78, 5) is 0. The first-order chi connectivity index (χ1) is 9.61. The first-order valence-electron chi connectivity index (χ1n) is 6.92. The molecule has 1 heterocycles. The SMILES string of the molecule is COc1ccc(Cl)c(-n2c(C)cc3c2CCCC3N)c1. The molecule has 20 heavy (non-hydrogen) atoms. The fourth-order valence-electron chi connectivity index (χ4n) is 3.06. The number of benzene rings is 1. The minimum Gasteiger partial charge on any atom is -0.497 e. The predicted octanol–water partition coefficient (Wildman–Crippen LogP) is 3.78. The number of hydrogen-bond donors (Lipinski definition) is 1. The number of aromatic nitrogens is 1. The molecule has 1 aliphatic carbocycles. The van der Waals surface area contributed by atoms with E-state index in [0.29, 0.717) is 0 Å². The van der Waals surface area contributed by atoms with Gasteiger partial charge in [-0.15, -0.1) is 0 Å². The fraction of sp³-hybridized carbons (Fsp3) is 0.375. The summed E-state index contributed by atoms with van der Waals surface area (Å²) in [7, 11) is 1.67. The van der Waals surface area contributed by atoms with E-state index < -0.39 is 0 Å². The van der Waals surface area contributed by atoms with Crippen molar-refractivity contribution in [2.24, 2.45) is 5.73 Å². The van der Waals surface area contributed by atoms with Crippen molar-refractivity contribution in [2.75, 3.05) is 7.11 Å². The van der Waals surface area contributed by atoms with Crippen LogP contribution in [-0.2, 0) is 6.42 Å². The van der Waals surface area contributed by atoms with Gasteiger partial charge in [-0.3, -0.25) is 0 Å². The Morgan fingerprint density at radius 3 is 2.90 bits per heavy atom. The lowest BCUT2D eigenvalue weighted by molar-refractivity contribution is 0.414. The number of hydrogen-bond acceptors (Lipinski definition) is 2. The molecule has 1 aromatic carbocycles. The molecule has 0 spiro atoms. The maximum Gasteiger partial charge on any atom is 0.121 e. The van der Waals surface area contributed by atoms with E-state index in [9.17, 15) is 0 Å². The predicted molar refractivity (Wildman–Crippen MR) is 81.9 cm³/mol. The second kappa shape index (κ2) is 5.15. The van der Waals surface area contributed by atoms with E-state index in [1.54, 1.807) is 7.11 Å². The smallest absolute Gasteiger partial charge is 0.121 e. The molecule has 0 aliphatic heterocycles. The fourth-order valence-corrected chi connectivity index (χ4v) is 3.27. The average molecular weight is 291 g/mol. The molecule has 0 saturated carbocycles. The summed E-state index contributed by atoms with van der Waals surface area (Å²) in [6, 6.07) is 8.07. The molecule has 0 radical (unpaired) electrons. The Morgan fingerprint density at radius 2 is 2.15 bits per heavy atom. The van der Waals surface area contributed by atoms with Gasteiger partial charge >= 0.3 is 0 Å². The number of nitrogens with two attached hydrogens (primary N) is 1. The van der Waals surface area contributed by atoms with E-state index in [4.69, 9.17) is 22.1 Å². The highest BCUT2D eigenvalue weighted by Crippen LogP contribution is 2.35. The van der Waals surface area contributed by atoms with Crippen LogP contribution < -0.4 is 10.5 Å². The van der Waals surface area contributed by atoms with Gasteiger partial charge in [-0.2, -0.15) is 0 Å². The van der Waals surface area contributed by atoms with Crippen LogP contribution in [0.1, 0.15) is 35.8 Å². The Morgan fingerprint density at radius 1 is 1.35 bits per heavy atom. The summed E-state index contributed by atoms with van der Waals surface area (Å²) in [5, 5.41) is 0.728. The molecular formula is C16H19ClN2O. The van der Waals surface area contributed by atoms with Gasteiger partial charge in [-0.05, 0) is 49.9 Å². The van der Waals surface area contributed by atoms with E-state index in [-0.39, 0.29) is 6.04 Å². The van der Waals surface area contributed by atoms with Crippen molar-refractivity contribution in [3.05, 3.63) is 46.2 Å². The number of rotatable bonds is 2. The molecule has 3 nitrogen and oxygen atoms in total. The van der Waals surface area contributed by atoms with Crippen LogP contribution >= 0.6 is 11.6 Å². The van der Waals surface area contributed by atoms with E-state index in [0.717, 1.165) is 35.7 Å². The minimum absolute atomic E-state index is 0.142. The molecule has 4 heteroatoms. The second-order valence-electron chi connectivity index (χ2n) is 5.34. The van der Waals surface area contributed by atoms with Gasteiger partial charge in [0, 0.05) is 23.5 Å². The van der Waals surface area contributed by atoms with E-state index in [2.05, 4.69) is 17.6 Å². The molecule has 106 valence electrons. The van der Waals surface area contributed by atoms with Crippen LogP contribution in [0.15, 0.2) is 24.3 Å². The highest BCUT2D eigenvalue weighted by molar-refractivity contribution is 6.32. The Hall–Kier alpha value is -1.45. The molecule has 3 rings (SSSR count). The number of aryl methyl sites for hydroxylation is 1. The first kappa shape index (κ1) is 13.5. The second-order valence-corrected chi connectivity index (χ2v) is 5.75. The zero-order chi connectivity index (χ0) is 14.3. The highest BCUT2D eigenvalue weighted by Gasteiger charge is 2.23. The van der Waals surface area contributed by atoms with Crippen LogP contribution in [-0.4, -0.2) is 11.7 Å². The number of fused-ring (bicyclic) bond motifs is 1. The zero-order valence-electron chi connectivity index (χ0n) is 11.8. The summed E-state index contributed by atoms with van der Waals surface area (Å²) in [6.45, 7) is 2.10. The van der Waals surface area contributed by atoms with Gasteiger partial charge < -0.3 is 15.0 Å². The first-order valence-corrected chi connectivity index (χ1v) is 7.30. The van der Waals surface area contributed by atoms with Crippen molar-refractivity contribution in [3.63, 3.8) is 0 Å². The van der Waals surface area contributed by atoms with Crippen molar-refractivity contribution in [2.45, 2.75) is 32.2 Å². The Labute approximate surface area is 124 Å². The largest absolute Gasteiger partial charge is 0.497 e. The van der Waals surface area contributed by atoms with Crippen molar-refractivity contribution in [1.29, 1.82) is 0 Å². The van der Waals surface area contributed by atoms with Crippen molar-refractivity contribution in [3.8, 4) is 11.4 Å². The highest BCUT2D eigenvalue weighted by atomic mass is 35.5. The molecule has 0 amide bonds. The summed E-state index contributed by atoms with van der Waals surface area (Å²) >= 11 is 6.39. The molecule has 1 unspecified atom stereocenters. The number of halogens is 1. The number of ether oxygens (including phenoxy) is 1. The standard InChI is InChI=1S/C16H19ClN2O/c1-10-8-12-14(18)4-3-5-15(12)19(10)16-9-11(20-2)6-7-13(16)17/h6-9,14H,3-5,18H2,1-2H3. The lowest BCUT2D eigenvalue weighted by Crippen LogP contribution is -2.18. The van der Waals surface area contributed by atoms with E-state index >= 15 is 0 Å². The van der Waals surface area contributed by atoms with Gasteiger partial charge in [0.25, 0.3) is 0 Å². The molecular weight excluding hydrogens is 272 g/mol. The maximum atomic E-state index is 6.39. The summed E-state index contributed by atoms with van der Waals surface area (Å²) in [5.74, 6) is 0.811. The molecule has 1 aromatic heterocycles. The molecule has 0 bridgehead atoms. The van der Waals surface area contributed by atoms with Gasteiger partial charge in [-0.25, -0.2) is 0 Å². The third-order valence-corrected chi connectivity index (χ3v) is 4.36. The average Bonchev–Trinajstić information content (AvgIpc) is 2.77. The van der Waals surface area contributed by atoms with Crippen LogP contribution in [0, 0.1) is 6.92 Å². The molecule has 0 saturated heterocycles. The monoisotopic (exact) mass is 290 g/mol. The lowest BCUT2D eigenvalue weighted by Gasteiger charge is -2.22. The molecule has 0 fully saturated rings. The third-order valence-electron chi connectivity index (χ3n) is 4.04. The third kappa shape index (κ3) is 2.11. The van der Waals surface area contributed by atoms with Crippen molar-refractivity contribution >= 4 is 11.6 Å². The van der Waals surface area contributed by atoms with Gasteiger partial charge in [0.05, 0.1) is 17.8 Å². The van der Waals surface area contributed by atoms with Crippen molar-refractivity contribution < 1.29 is 4.74 Å². The molecule has 2 aromatic rings. The van der Waals surface area contributed by atoms with Crippen LogP contribution in [0.4, 0.5) is 0 Å². The molecule has 1 aliphatic rings. The summed E-state index contributed by atoms with van der Waals surface area (Å²) in [6.07, 6.45) is 3.23. The van der Waals surface area contributed by atoms with Crippen molar-refractivity contribution in [1.82, 2.24) is 4.57 Å². The quantitative estimate of drug-likeness (QED) is 0.914. The molecule has 1 atom stereocenters. The zero-order valence-corrected chi connectivity index (χ0v) is 12.6. The minimum atomic E-state index is 0.142. The Kier molecular flexibility index (Phi) is 3.48. The van der Waals surface area contributed by atoms with Gasteiger partial charge in [0.15, 0.2) is 0 Å². The summed E-state index contributed by atoms with van der Waals surface area (Å²) in [5.41, 5.74) is 10.9. The van der Waals surface area contributed by atoms with Gasteiger partial charge in [0.2, 0.25) is 0 Å². The van der Waals surface area contributed by atoms with Crippen LogP contribution in [0.25, 0.3) is 5.69 Å². The Bertz CT molecular complexity index is 648. The number of methoxy groups -OCH3 is 1. The van der Waals surface area contributed by atoms with E-state index in [1.165, 1.54) is 17.0 Å².